The molecule has 20 heavy (non-hydrogen) atoms. The highest BCUT2D eigenvalue weighted by Crippen LogP contribution is 2.47. The Kier molecular flexibility index (Phi) is 4.64. The minimum Gasteiger partial charge on any atom is -0.463 e. The molecule has 0 N–H and O–H groups in total. The van der Waals surface area contributed by atoms with E-state index in [1.165, 1.54) is 0 Å². The Morgan fingerprint density at radius 2 is 2.25 bits per heavy atom. The zero-order chi connectivity index (χ0) is 15.0. The van der Waals surface area contributed by atoms with Gasteiger partial charge in [0, 0.05) is 22.7 Å². The molecule has 1 amide bonds. The van der Waals surface area contributed by atoms with Gasteiger partial charge in [0.1, 0.15) is 12.6 Å². The van der Waals surface area contributed by atoms with Crippen LogP contribution in [-0.4, -0.2) is 50.5 Å². The molecule has 0 radical (unpaired) electrons. The number of rotatable bonds is 4. The van der Waals surface area contributed by atoms with Crippen LogP contribution in [0, 0.1) is 0 Å². The highest BCUT2D eigenvalue weighted by Gasteiger charge is 2.53. The maximum atomic E-state index is 12.2. The van der Waals surface area contributed by atoms with Crippen LogP contribution in [0.2, 0.25) is 0 Å². The van der Waals surface area contributed by atoms with E-state index >= 15 is 0 Å². The molecule has 2 heterocycles. The molecule has 0 bridgehead atoms. The van der Waals surface area contributed by atoms with E-state index < -0.39 is 0 Å². The summed E-state index contributed by atoms with van der Waals surface area (Å²) < 4.78 is 5.54. The third kappa shape index (κ3) is 3.45. The molecule has 2 rings (SSSR count). The first-order valence-corrected chi connectivity index (χ1v) is 8.97. The van der Waals surface area contributed by atoms with E-state index in [1.807, 2.05) is 6.92 Å². The summed E-state index contributed by atoms with van der Waals surface area (Å²) in [6.45, 7) is 8.89. The molecule has 114 valence electrons. The topological polar surface area (TPSA) is 46.6 Å². The molecule has 0 spiro atoms. The van der Waals surface area contributed by atoms with Gasteiger partial charge >= 0.3 is 5.97 Å². The number of carbonyl (C=O) groups excluding carboxylic acids is 2. The molecule has 6 heteroatoms. The zero-order valence-corrected chi connectivity index (χ0v) is 14.2. The summed E-state index contributed by atoms with van der Waals surface area (Å²) >= 11 is 3.47. The summed E-state index contributed by atoms with van der Waals surface area (Å²) in [5.41, 5.74) is 0. The summed E-state index contributed by atoms with van der Waals surface area (Å²) in [5.74, 6) is 1.29. The second-order valence-corrected chi connectivity index (χ2v) is 9.82. The van der Waals surface area contributed by atoms with Gasteiger partial charge in [-0.3, -0.25) is 4.79 Å². The van der Waals surface area contributed by atoms with Crippen LogP contribution in [0.25, 0.3) is 0 Å². The first kappa shape index (κ1) is 16.0. The summed E-state index contributed by atoms with van der Waals surface area (Å²) in [5, 5.41) is 0. The molecular formula is C14H23NO3S2. The second-order valence-electron chi connectivity index (χ2n) is 6.39. The van der Waals surface area contributed by atoms with Crippen LogP contribution in [0.4, 0.5) is 0 Å². The van der Waals surface area contributed by atoms with Crippen LogP contribution in [-0.2, 0) is 14.3 Å². The molecule has 0 aromatic heterocycles. The maximum Gasteiger partial charge on any atom is 0.329 e. The lowest BCUT2D eigenvalue weighted by Crippen LogP contribution is -2.46. The van der Waals surface area contributed by atoms with Gasteiger partial charge in [-0.05, 0) is 13.3 Å². The molecule has 0 saturated carbocycles. The number of thioether (sulfide) groups is 2. The summed E-state index contributed by atoms with van der Waals surface area (Å²) in [6.07, 6.45) is 1.38. The van der Waals surface area contributed by atoms with Crippen LogP contribution in [0.15, 0.2) is 0 Å². The van der Waals surface area contributed by atoms with Crippen molar-refractivity contribution >= 4 is 35.4 Å². The lowest BCUT2D eigenvalue weighted by Gasteiger charge is -2.29. The number of amides is 1. The number of hydrogen-bond donors (Lipinski definition) is 0. The molecule has 2 saturated heterocycles. The van der Waals surface area contributed by atoms with Crippen molar-refractivity contribution in [1.29, 1.82) is 0 Å². The van der Waals surface area contributed by atoms with Crippen molar-refractivity contribution in [2.75, 3.05) is 18.1 Å². The van der Waals surface area contributed by atoms with Gasteiger partial charge in [-0.1, -0.05) is 20.8 Å². The van der Waals surface area contributed by atoms with Gasteiger partial charge in [-0.25, -0.2) is 4.79 Å². The van der Waals surface area contributed by atoms with Gasteiger partial charge in [0.2, 0.25) is 5.91 Å². The molecule has 2 aliphatic heterocycles. The van der Waals surface area contributed by atoms with Crippen molar-refractivity contribution in [2.24, 2.45) is 0 Å². The zero-order valence-electron chi connectivity index (χ0n) is 12.6. The Hall–Kier alpha value is -0.360. The summed E-state index contributed by atoms with van der Waals surface area (Å²) in [6, 6.07) is -0.389. The SMILES string of the molecule is CC(C)(C)SCCOC(=O)[C@H]1CS[C@]2(C)CCC(=O)N12. The van der Waals surface area contributed by atoms with E-state index in [9.17, 15) is 9.59 Å². The molecule has 2 fully saturated rings. The Morgan fingerprint density at radius 1 is 1.55 bits per heavy atom. The lowest BCUT2D eigenvalue weighted by molar-refractivity contribution is -0.153. The normalized spacial score (nSPS) is 29.7. The molecule has 0 aromatic carbocycles. The Morgan fingerprint density at radius 3 is 2.90 bits per heavy atom. The van der Waals surface area contributed by atoms with E-state index in [-0.39, 0.29) is 27.5 Å². The van der Waals surface area contributed by atoms with Gasteiger partial charge in [0.15, 0.2) is 0 Å². The number of ether oxygens (including phenoxy) is 1. The average Bonchev–Trinajstić information content (AvgIpc) is 2.81. The Labute approximate surface area is 129 Å². The van der Waals surface area contributed by atoms with Crippen molar-refractivity contribution in [1.82, 2.24) is 4.90 Å². The van der Waals surface area contributed by atoms with Gasteiger partial charge in [0.05, 0.1) is 4.87 Å². The van der Waals surface area contributed by atoms with Crippen LogP contribution >= 0.6 is 23.5 Å². The quantitative estimate of drug-likeness (QED) is 0.589. The first-order valence-electron chi connectivity index (χ1n) is 7.00. The number of hydrogen-bond acceptors (Lipinski definition) is 5. The van der Waals surface area contributed by atoms with Gasteiger partial charge in [-0.2, -0.15) is 11.8 Å². The maximum absolute atomic E-state index is 12.2. The molecule has 0 unspecified atom stereocenters. The third-order valence-corrected chi connectivity index (χ3v) is 6.32. The minimum atomic E-state index is -0.389. The largest absolute Gasteiger partial charge is 0.463 e. The Bertz CT molecular complexity index is 408. The summed E-state index contributed by atoms with van der Waals surface area (Å²) in [7, 11) is 0. The lowest BCUT2D eigenvalue weighted by atomic mass is 10.2. The Balaban J connectivity index is 1.83. The van der Waals surface area contributed by atoms with Gasteiger partial charge in [0.25, 0.3) is 0 Å². The molecule has 0 aliphatic carbocycles. The van der Waals surface area contributed by atoms with E-state index in [0.717, 1.165) is 12.2 Å². The van der Waals surface area contributed by atoms with Crippen molar-refractivity contribution < 1.29 is 14.3 Å². The number of nitrogens with zero attached hydrogens (tertiary/aromatic N) is 1. The van der Waals surface area contributed by atoms with Gasteiger partial charge < -0.3 is 9.64 Å². The fourth-order valence-corrected chi connectivity index (χ4v) is 4.78. The average molecular weight is 317 g/mol. The fraction of sp³-hybridized carbons (Fsp3) is 0.857. The van der Waals surface area contributed by atoms with Crippen molar-refractivity contribution in [3.8, 4) is 0 Å². The predicted octanol–water partition coefficient (Wildman–Crippen LogP) is 2.52. The molecular weight excluding hydrogens is 294 g/mol. The van der Waals surface area contributed by atoms with Crippen LogP contribution in [0.5, 0.6) is 0 Å². The van der Waals surface area contributed by atoms with Crippen molar-refractivity contribution in [3.05, 3.63) is 0 Å². The smallest absolute Gasteiger partial charge is 0.329 e. The van der Waals surface area contributed by atoms with Crippen LogP contribution in [0.3, 0.4) is 0 Å². The third-order valence-electron chi connectivity index (χ3n) is 3.58. The van der Waals surface area contributed by atoms with Crippen LogP contribution in [0.1, 0.15) is 40.5 Å². The summed E-state index contributed by atoms with van der Waals surface area (Å²) in [4.78, 5) is 25.7. The number of carbonyl (C=O) groups is 2. The second kappa shape index (κ2) is 5.79. The molecule has 2 atom stereocenters. The van der Waals surface area contributed by atoms with E-state index in [1.54, 1.807) is 28.4 Å². The van der Waals surface area contributed by atoms with E-state index in [0.29, 0.717) is 18.8 Å². The van der Waals surface area contributed by atoms with E-state index in [4.69, 9.17) is 4.74 Å². The number of fused-ring (bicyclic) bond motifs is 1. The highest BCUT2D eigenvalue weighted by molar-refractivity contribution is 8.01. The van der Waals surface area contributed by atoms with Gasteiger partial charge in [-0.15, -0.1) is 11.8 Å². The monoisotopic (exact) mass is 317 g/mol. The van der Waals surface area contributed by atoms with Crippen molar-refractivity contribution in [3.63, 3.8) is 0 Å². The van der Waals surface area contributed by atoms with E-state index in [2.05, 4.69) is 20.8 Å². The highest BCUT2D eigenvalue weighted by atomic mass is 32.2. The molecule has 0 aromatic rings. The van der Waals surface area contributed by atoms with Crippen LogP contribution < -0.4 is 0 Å². The van der Waals surface area contributed by atoms with Crippen molar-refractivity contribution in [2.45, 2.75) is 56.2 Å². The standard InChI is InChI=1S/C14H23NO3S2/c1-13(2,3)19-8-7-18-12(17)10-9-20-14(4)6-5-11(16)15(10)14/h10H,5-9H2,1-4H3/t10-,14-/m1/s1. The first-order chi connectivity index (χ1) is 9.23. The predicted molar refractivity (Wildman–Crippen MR) is 83.9 cm³/mol. The fourth-order valence-electron chi connectivity index (χ4n) is 2.58. The molecule has 2 aliphatic rings. The number of esters is 1. The molecule has 4 nitrogen and oxygen atoms in total. The minimum absolute atomic E-state index is 0.0866.